The Hall–Kier alpha value is -1.62. The average Bonchev–Trinajstić information content (AvgIpc) is 2.52. The number of hydrogen-bond donors (Lipinski definition) is 2. The van der Waals surface area contributed by atoms with Gasteiger partial charge in [0.25, 0.3) is 5.91 Å². The summed E-state index contributed by atoms with van der Waals surface area (Å²) in [6, 6.07) is 4.48. The maximum atomic E-state index is 11.6. The number of carbonyl (C=O) groups is 1. The van der Waals surface area contributed by atoms with E-state index < -0.39 is 0 Å². The molecule has 2 rings (SSSR count). The minimum Gasteiger partial charge on any atom is -0.371 e. The van der Waals surface area contributed by atoms with Crippen LogP contribution in [-0.4, -0.2) is 43.6 Å². The molecule has 1 aliphatic rings. The molecule has 1 aromatic rings. The van der Waals surface area contributed by atoms with Crippen LogP contribution in [0, 0.1) is 0 Å². The Morgan fingerprint density at radius 3 is 2.85 bits per heavy atom. The largest absolute Gasteiger partial charge is 0.371 e. The summed E-state index contributed by atoms with van der Waals surface area (Å²) in [4.78, 5) is 18.1. The van der Waals surface area contributed by atoms with Gasteiger partial charge in [0.2, 0.25) is 0 Å². The van der Waals surface area contributed by atoms with Crippen LogP contribution in [0.1, 0.15) is 36.7 Å². The smallest absolute Gasteiger partial charge is 0.269 e. The molecule has 2 N–H and O–H groups in total. The van der Waals surface area contributed by atoms with Crippen LogP contribution in [-0.2, 0) is 0 Å². The summed E-state index contributed by atoms with van der Waals surface area (Å²) in [6.45, 7) is 5.34. The summed E-state index contributed by atoms with van der Waals surface area (Å²) < 4.78 is 0. The molecule has 0 atom stereocenters. The number of piperidine rings is 1. The quantitative estimate of drug-likeness (QED) is 0.854. The normalized spacial score (nSPS) is 16.2. The van der Waals surface area contributed by atoms with Crippen LogP contribution in [0.3, 0.4) is 0 Å². The van der Waals surface area contributed by atoms with Crippen LogP contribution >= 0.6 is 0 Å². The fourth-order valence-electron chi connectivity index (χ4n) is 2.56. The van der Waals surface area contributed by atoms with E-state index in [2.05, 4.69) is 27.4 Å². The third kappa shape index (κ3) is 3.70. The Balaban J connectivity index is 1.95. The summed E-state index contributed by atoms with van der Waals surface area (Å²) >= 11 is 0. The van der Waals surface area contributed by atoms with Crippen molar-refractivity contribution in [2.75, 3.05) is 31.6 Å². The number of amides is 1. The maximum Gasteiger partial charge on any atom is 0.269 e. The van der Waals surface area contributed by atoms with Crippen molar-refractivity contribution in [3.05, 3.63) is 24.0 Å². The summed E-state index contributed by atoms with van der Waals surface area (Å²) in [7, 11) is 1.63. The van der Waals surface area contributed by atoms with E-state index in [1.54, 1.807) is 13.2 Å². The van der Waals surface area contributed by atoms with Gasteiger partial charge < -0.3 is 15.5 Å². The second kappa shape index (κ2) is 7.24. The van der Waals surface area contributed by atoms with Crippen molar-refractivity contribution in [3.63, 3.8) is 0 Å². The fraction of sp³-hybridized carbons (Fsp3) is 0.600. The zero-order valence-electron chi connectivity index (χ0n) is 12.4. The molecule has 1 saturated heterocycles. The van der Waals surface area contributed by atoms with Gasteiger partial charge in [0, 0.05) is 38.1 Å². The first-order valence-corrected chi connectivity index (χ1v) is 7.41. The minimum atomic E-state index is -0.133. The summed E-state index contributed by atoms with van der Waals surface area (Å²) in [5, 5.41) is 6.19. The van der Waals surface area contributed by atoms with E-state index in [9.17, 15) is 4.79 Å². The molecule has 0 radical (unpaired) electrons. The molecule has 0 unspecified atom stereocenters. The lowest BCUT2D eigenvalue weighted by Gasteiger charge is -2.34. The number of carbonyl (C=O) groups excluding carboxylic acids is 1. The fourth-order valence-corrected chi connectivity index (χ4v) is 2.56. The topological polar surface area (TPSA) is 57.3 Å². The van der Waals surface area contributed by atoms with E-state index in [4.69, 9.17) is 0 Å². The molecule has 0 aromatic carbocycles. The first-order chi connectivity index (χ1) is 9.74. The Morgan fingerprint density at radius 2 is 2.20 bits per heavy atom. The molecule has 1 aromatic heterocycles. The van der Waals surface area contributed by atoms with Crippen LogP contribution in [0.2, 0.25) is 0 Å². The van der Waals surface area contributed by atoms with E-state index in [-0.39, 0.29) is 5.91 Å². The van der Waals surface area contributed by atoms with E-state index in [1.165, 1.54) is 6.42 Å². The highest BCUT2D eigenvalue weighted by Crippen LogP contribution is 2.20. The minimum absolute atomic E-state index is 0.133. The Morgan fingerprint density at radius 1 is 1.45 bits per heavy atom. The summed E-state index contributed by atoms with van der Waals surface area (Å²) in [5.41, 5.74) is 1.57. The maximum absolute atomic E-state index is 11.6. The predicted octanol–water partition coefficient (Wildman–Crippen LogP) is 1.41. The van der Waals surface area contributed by atoms with E-state index in [0.717, 1.165) is 38.2 Å². The predicted molar refractivity (Wildman–Crippen MR) is 81.2 cm³/mol. The van der Waals surface area contributed by atoms with Gasteiger partial charge in [0.15, 0.2) is 0 Å². The highest BCUT2D eigenvalue weighted by molar-refractivity contribution is 5.92. The van der Waals surface area contributed by atoms with Crippen molar-refractivity contribution in [2.24, 2.45) is 0 Å². The van der Waals surface area contributed by atoms with Gasteiger partial charge in [0.05, 0.1) is 0 Å². The number of hydrogen-bond acceptors (Lipinski definition) is 4. The Bertz CT molecular complexity index is 441. The van der Waals surface area contributed by atoms with Gasteiger partial charge in [-0.3, -0.25) is 9.78 Å². The first kappa shape index (κ1) is 14.8. The van der Waals surface area contributed by atoms with Crippen molar-refractivity contribution in [3.8, 4) is 0 Å². The molecular weight excluding hydrogens is 252 g/mol. The van der Waals surface area contributed by atoms with Gasteiger partial charge in [-0.15, -0.1) is 0 Å². The monoisotopic (exact) mass is 276 g/mol. The molecule has 5 heteroatoms. The molecule has 5 nitrogen and oxygen atoms in total. The van der Waals surface area contributed by atoms with Crippen molar-refractivity contribution >= 4 is 11.6 Å². The first-order valence-electron chi connectivity index (χ1n) is 7.41. The number of anilines is 1. The van der Waals surface area contributed by atoms with Gasteiger partial charge in [-0.05, 0) is 37.9 Å². The molecule has 2 heterocycles. The number of nitrogens with zero attached hydrogens (tertiary/aromatic N) is 2. The van der Waals surface area contributed by atoms with Gasteiger partial charge in [-0.2, -0.15) is 0 Å². The third-order valence-corrected chi connectivity index (χ3v) is 3.75. The zero-order chi connectivity index (χ0) is 14.4. The number of pyridine rings is 1. The zero-order valence-corrected chi connectivity index (χ0v) is 12.4. The van der Waals surface area contributed by atoms with Crippen LogP contribution < -0.4 is 15.5 Å². The SMILES string of the molecule is CCCNC1CCN(c2ccnc(C(=O)NC)c2)CC1. The molecule has 1 fully saturated rings. The lowest BCUT2D eigenvalue weighted by molar-refractivity contribution is 0.0958. The lowest BCUT2D eigenvalue weighted by atomic mass is 10.0. The molecular formula is C15H24N4O. The molecule has 20 heavy (non-hydrogen) atoms. The van der Waals surface area contributed by atoms with E-state index >= 15 is 0 Å². The van der Waals surface area contributed by atoms with Crippen molar-refractivity contribution in [1.82, 2.24) is 15.6 Å². The van der Waals surface area contributed by atoms with Crippen LogP contribution in [0.25, 0.3) is 0 Å². The van der Waals surface area contributed by atoms with Crippen LogP contribution in [0.4, 0.5) is 5.69 Å². The Labute approximate surface area is 120 Å². The Kier molecular flexibility index (Phi) is 5.35. The highest BCUT2D eigenvalue weighted by Gasteiger charge is 2.19. The second-order valence-corrected chi connectivity index (χ2v) is 5.19. The van der Waals surface area contributed by atoms with Gasteiger partial charge in [-0.25, -0.2) is 0 Å². The van der Waals surface area contributed by atoms with Crippen LogP contribution in [0.5, 0.6) is 0 Å². The molecule has 110 valence electrons. The number of aromatic nitrogens is 1. The standard InChI is InChI=1S/C15H24N4O/c1-3-7-17-12-5-9-19(10-6-12)13-4-8-18-14(11-13)15(20)16-2/h4,8,11-12,17H,3,5-7,9-10H2,1-2H3,(H,16,20). The molecule has 0 spiro atoms. The van der Waals surface area contributed by atoms with E-state index in [0.29, 0.717) is 11.7 Å². The second-order valence-electron chi connectivity index (χ2n) is 5.19. The molecule has 0 saturated carbocycles. The molecule has 0 bridgehead atoms. The van der Waals surface area contributed by atoms with Gasteiger partial charge in [-0.1, -0.05) is 6.92 Å². The van der Waals surface area contributed by atoms with E-state index in [1.807, 2.05) is 12.1 Å². The summed E-state index contributed by atoms with van der Waals surface area (Å²) in [6.07, 6.45) is 5.19. The lowest BCUT2D eigenvalue weighted by Crippen LogP contribution is -2.42. The van der Waals surface area contributed by atoms with Gasteiger partial charge >= 0.3 is 0 Å². The molecule has 0 aliphatic carbocycles. The molecule has 1 aliphatic heterocycles. The average molecular weight is 276 g/mol. The molecule has 1 amide bonds. The summed E-state index contributed by atoms with van der Waals surface area (Å²) in [5.74, 6) is -0.133. The highest BCUT2D eigenvalue weighted by atomic mass is 16.1. The van der Waals surface area contributed by atoms with Crippen molar-refractivity contribution in [2.45, 2.75) is 32.2 Å². The number of nitrogens with one attached hydrogen (secondary N) is 2. The van der Waals surface area contributed by atoms with Crippen molar-refractivity contribution in [1.29, 1.82) is 0 Å². The number of rotatable bonds is 5. The van der Waals surface area contributed by atoms with Crippen molar-refractivity contribution < 1.29 is 4.79 Å². The van der Waals surface area contributed by atoms with Gasteiger partial charge in [0.1, 0.15) is 5.69 Å². The third-order valence-electron chi connectivity index (χ3n) is 3.75. The van der Waals surface area contributed by atoms with Crippen LogP contribution in [0.15, 0.2) is 18.3 Å².